The predicted octanol–water partition coefficient (Wildman–Crippen LogP) is 2.14. The Bertz CT molecular complexity index is 830. The molecule has 3 aromatic rings. The molecule has 1 saturated carbocycles. The molecule has 1 aliphatic carbocycles. The van der Waals surface area contributed by atoms with Gasteiger partial charge in [-0.2, -0.15) is 5.10 Å². The molecule has 136 valence electrons. The third-order valence-corrected chi connectivity index (χ3v) is 4.99. The van der Waals surface area contributed by atoms with Crippen molar-refractivity contribution < 1.29 is 9.50 Å². The van der Waals surface area contributed by atoms with Crippen molar-refractivity contribution in [3.63, 3.8) is 0 Å². The summed E-state index contributed by atoms with van der Waals surface area (Å²) in [4.78, 5) is 4.07. The fourth-order valence-electron chi connectivity index (χ4n) is 3.69. The van der Waals surface area contributed by atoms with Gasteiger partial charge in [0.1, 0.15) is 5.82 Å². The molecule has 2 N–H and O–H groups in total. The van der Waals surface area contributed by atoms with E-state index in [1.54, 1.807) is 29.2 Å². The molecule has 2 aromatic heterocycles. The maximum atomic E-state index is 13.1. The van der Waals surface area contributed by atoms with Crippen LogP contribution in [-0.2, 0) is 13.1 Å². The average Bonchev–Trinajstić information content (AvgIpc) is 3.36. The molecule has 3 atom stereocenters. The van der Waals surface area contributed by atoms with Gasteiger partial charge in [-0.25, -0.2) is 14.1 Å². The molecule has 6 nitrogen and oxygen atoms in total. The van der Waals surface area contributed by atoms with Crippen molar-refractivity contribution in [1.29, 1.82) is 0 Å². The summed E-state index contributed by atoms with van der Waals surface area (Å²) in [5, 5.41) is 18.2. The van der Waals surface area contributed by atoms with Crippen LogP contribution in [0.3, 0.4) is 0 Å². The summed E-state index contributed by atoms with van der Waals surface area (Å²) >= 11 is 0. The summed E-state index contributed by atoms with van der Waals surface area (Å²) in [7, 11) is 0. The van der Waals surface area contributed by atoms with Gasteiger partial charge in [-0.05, 0) is 49.1 Å². The highest BCUT2D eigenvalue weighted by molar-refractivity contribution is 5.32. The van der Waals surface area contributed by atoms with Crippen molar-refractivity contribution in [2.75, 3.05) is 0 Å². The number of aliphatic hydroxyl groups is 1. The van der Waals surface area contributed by atoms with E-state index in [1.165, 1.54) is 12.1 Å². The highest BCUT2D eigenvalue weighted by Gasteiger charge is 2.32. The number of hydrogen-bond acceptors (Lipinski definition) is 4. The Morgan fingerprint density at radius 1 is 1.15 bits per heavy atom. The minimum Gasteiger partial charge on any atom is -0.391 e. The molecule has 2 heterocycles. The van der Waals surface area contributed by atoms with Crippen molar-refractivity contribution in [1.82, 2.24) is 24.6 Å². The minimum atomic E-state index is -0.356. The summed E-state index contributed by atoms with van der Waals surface area (Å²) in [5.41, 5.74) is 1.79. The maximum Gasteiger partial charge on any atom is 0.123 e. The first-order chi connectivity index (χ1) is 12.7. The molecule has 1 fully saturated rings. The molecule has 4 rings (SSSR count). The Balaban J connectivity index is 1.37. The largest absolute Gasteiger partial charge is 0.391 e. The van der Waals surface area contributed by atoms with E-state index in [9.17, 15) is 9.50 Å². The lowest BCUT2D eigenvalue weighted by molar-refractivity contribution is 0.145. The topological polar surface area (TPSA) is 67.9 Å². The van der Waals surface area contributed by atoms with Gasteiger partial charge in [0.05, 0.1) is 23.8 Å². The second kappa shape index (κ2) is 7.39. The first-order valence-corrected chi connectivity index (χ1v) is 8.85. The van der Waals surface area contributed by atoms with Crippen LogP contribution < -0.4 is 5.32 Å². The van der Waals surface area contributed by atoms with E-state index in [0.717, 1.165) is 30.8 Å². The van der Waals surface area contributed by atoms with Gasteiger partial charge in [0.2, 0.25) is 0 Å². The highest BCUT2D eigenvalue weighted by atomic mass is 19.1. The van der Waals surface area contributed by atoms with Crippen molar-refractivity contribution in [2.45, 2.75) is 38.1 Å². The average molecular weight is 355 g/mol. The third kappa shape index (κ3) is 3.68. The number of halogens is 1. The number of aliphatic hydroxyl groups excluding tert-OH is 1. The first kappa shape index (κ1) is 16.9. The van der Waals surface area contributed by atoms with E-state index in [-0.39, 0.29) is 18.0 Å². The highest BCUT2D eigenvalue weighted by Crippen LogP contribution is 2.28. The van der Waals surface area contributed by atoms with Gasteiger partial charge in [-0.3, -0.25) is 0 Å². The Hall–Kier alpha value is -2.51. The molecular formula is C19H22FN5O. The molecule has 0 spiro atoms. The van der Waals surface area contributed by atoms with Crippen LogP contribution >= 0.6 is 0 Å². The van der Waals surface area contributed by atoms with Crippen LogP contribution in [0.5, 0.6) is 0 Å². The lowest BCUT2D eigenvalue weighted by Gasteiger charge is -2.17. The number of imidazole rings is 1. The fraction of sp³-hybridized carbons (Fsp3) is 0.368. The zero-order chi connectivity index (χ0) is 17.9. The summed E-state index contributed by atoms with van der Waals surface area (Å²) in [5.74, 6) is 0.164. The molecular weight excluding hydrogens is 333 g/mol. The molecule has 0 saturated heterocycles. The first-order valence-electron chi connectivity index (χ1n) is 8.85. The number of nitrogens with zero attached hydrogens (tertiary/aromatic N) is 4. The fourth-order valence-corrected chi connectivity index (χ4v) is 3.69. The van der Waals surface area contributed by atoms with Gasteiger partial charge >= 0.3 is 0 Å². The molecule has 0 amide bonds. The molecule has 1 aromatic carbocycles. The molecule has 0 bridgehead atoms. The standard InChI is InChI=1S/C19H22FN5O/c20-15-1-3-16(4-2-15)25-17(5-6-23-25)11-22-18-9-14(10-19(18)26)12-24-8-7-21-13-24/h1-8,13-14,18-19,22,26H,9-12H2/t14?,18-,19-/m1/s1. The quantitative estimate of drug-likeness (QED) is 0.711. The molecule has 0 aliphatic heterocycles. The summed E-state index contributed by atoms with van der Waals surface area (Å²) in [6, 6.07) is 8.25. The maximum absolute atomic E-state index is 13.1. The summed E-state index contributed by atoms with van der Waals surface area (Å²) in [6.45, 7) is 1.47. The Kier molecular flexibility index (Phi) is 4.81. The number of rotatable bonds is 6. The van der Waals surface area contributed by atoms with E-state index in [4.69, 9.17) is 0 Å². The van der Waals surface area contributed by atoms with Crippen molar-refractivity contribution in [2.24, 2.45) is 5.92 Å². The summed E-state index contributed by atoms with van der Waals surface area (Å²) < 4.78 is 17.0. The lowest BCUT2D eigenvalue weighted by Crippen LogP contribution is -2.35. The van der Waals surface area contributed by atoms with Gasteiger partial charge in [0.15, 0.2) is 0 Å². The van der Waals surface area contributed by atoms with Crippen molar-refractivity contribution >= 4 is 0 Å². The lowest BCUT2D eigenvalue weighted by atomic mass is 10.1. The van der Waals surface area contributed by atoms with E-state index < -0.39 is 0 Å². The van der Waals surface area contributed by atoms with Crippen LogP contribution in [0.4, 0.5) is 4.39 Å². The van der Waals surface area contributed by atoms with Gasteiger partial charge in [0.25, 0.3) is 0 Å². The molecule has 1 unspecified atom stereocenters. The van der Waals surface area contributed by atoms with Crippen LogP contribution in [0.2, 0.25) is 0 Å². The second-order valence-corrected chi connectivity index (χ2v) is 6.86. The molecule has 1 aliphatic rings. The van der Waals surface area contributed by atoms with Crippen molar-refractivity contribution in [3.05, 3.63) is 66.8 Å². The zero-order valence-electron chi connectivity index (χ0n) is 14.4. The van der Waals surface area contributed by atoms with E-state index in [1.807, 2.05) is 18.6 Å². The smallest absolute Gasteiger partial charge is 0.123 e. The second-order valence-electron chi connectivity index (χ2n) is 6.86. The van der Waals surface area contributed by atoms with Crippen LogP contribution in [0.25, 0.3) is 5.69 Å². The number of benzene rings is 1. The van der Waals surface area contributed by atoms with Gasteiger partial charge in [0, 0.05) is 37.7 Å². The van der Waals surface area contributed by atoms with Gasteiger partial charge in [-0.1, -0.05) is 0 Å². The Morgan fingerprint density at radius 3 is 2.77 bits per heavy atom. The summed E-state index contributed by atoms with van der Waals surface area (Å²) in [6.07, 6.45) is 8.62. The molecule has 26 heavy (non-hydrogen) atoms. The SMILES string of the molecule is O[C@@H]1CC(Cn2ccnc2)C[C@H]1NCc1ccnn1-c1ccc(F)cc1. The van der Waals surface area contributed by atoms with Crippen molar-refractivity contribution in [3.8, 4) is 5.69 Å². The van der Waals surface area contributed by atoms with E-state index in [0.29, 0.717) is 12.5 Å². The van der Waals surface area contributed by atoms with E-state index in [2.05, 4.69) is 20.0 Å². The van der Waals surface area contributed by atoms with Crippen LogP contribution in [0.1, 0.15) is 18.5 Å². The van der Waals surface area contributed by atoms with E-state index >= 15 is 0 Å². The minimum absolute atomic E-state index is 0.0556. The number of nitrogens with one attached hydrogen (secondary N) is 1. The van der Waals surface area contributed by atoms with Crippen LogP contribution in [0.15, 0.2) is 55.2 Å². The monoisotopic (exact) mass is 355 g/mol. The van der Waals surface area contributed by atoms with Gasteiger partial charge in [-0.15, -0.1) is 0 Å². The number of hydrogen-bond donors (Lipinski definition) is 2. The predicted molar refractivity (Wildman–Crippen MR) is 95.1 cm³/mol. The molecule has 7 heteroatoms. The van der Waals surface area contributed by atoms with Crippen LogP contribution in [-0.4, -0.2) is 36.6 Å². The van der Waals surface area contributed by atoms with Crippen LogP contribution in [0, 0.1) is 11.7 Å². The number of aromatic nitrogens is 4. The Morgan fingerprint density at radius 2 is 2.00 bits per heavy atom. The third-order valence-electron chi connectivity index (χ3n) is 4.99. The Labute approximate surface area is 151 Å². The zero-order valence-corrected chi connectivity index (χ0v) is 14.4. The van der Waals surface area contributed by atoms with Gasteiger partial charge < -0.3 is 15.0 Å². The normalized spacial score (nSPS) is 22.8. The molecule has 0 radical (unpaired) electrons.